The Kier molecular flexibility index (Phi) is 10.5. The van der Waals surface area contributed by atoms with Gasteiger partial charge in [0.1, 0.15) is 0 Å². The van der Waals surface area contributed by atoms with Gasteiger partial charge in [-0.3, -0.25) is 14.9 Å². The van der Waals surface area contributed by atoms with Gasteiger partial charge in [0.2, 0.25) is 15.2 Å². The first-order valence-electron chi connectivity index (χ1n) is 12.4. The maximum absolute atomic E-state index is 13.7. The number of ether oxygens (including phenoxy) is 2. The molecule has 15 heteroatoms. The van der Waals surface area contributed by atoms with E-state index in [9.17, 15) is 23.3 Å². The highest BCUT2D eigenvalue weighted by molar-refractivity contribution is 9.10. The van der Waals surface area contributed by atoms with Gasteiger partial charge in [-0.2, -0.15) is 14.4 Å². The Labute approximate surface area is 254 Å². The Morgan fingerprint density at radius 3 is 2.29 bits per heavy atom. The van der Waals surface area contributed by atoms with E-state index in [4.69, 9.17) is 9.47 Å². The minimum atomic E-state index is -3.88. The van der Waals surface area contributed by atoms with E-state index in [0.29, 0.717) is 11.1 Å². The molecule has 3 aromatic carbocycles. The molecule has 0 N–H and O–H groups in total. The minimum absolute atomic E-state index is 0.0111. The van der Waals surface area contributed by atoms with E-state index in [-0.39, 0.29) is 47.6 Å². The predicted molar refractivity (Wildman–Crippen MR) is 164 cm³/mol. The Bertz CT molecular complexity index is 1690. The van der Waals surface area contributed by atoms with Crippen LogP contribution in [0.5, 0.6) is 0 Å². The van der Waals surface area contributed by atoms with Crippen molar-refractivity contribution >= 4 is 70.4 Å². The summed E-state index contributed by atoms with van der Waals surface area (Å²) in [6, 6.07) is 16.8. The number of nitro benzene ring substituents is 1. The molecule has 0 saturated carbocycles. The van der Waals surface area contributed by atoms with Crippen molar-refractivity contribution in [2.45, 2.75) is 4.90 Å². The molecule has 4 rings (SSSR count). The Morgan fingerprint density at radius 2 is 1.69 bits per heavy atom. The third-order valence-corrected chi connectivity index (χ3v) is 9.37. The van der Waals surface area contributed by atoms with E-state index >= 15 is 0 Å². The zero-order valence-electron chi connectivity index (χ0n) is 22.5. The monoisotopic (exact) mass is 675 g/mol. The highest BCUT2D eigenvalue weighted by Gasteiger charge is 2.26. The molecular weight excluding hydrogens is 650 g/mol. The summed E-state index contributed by atoms with van der Waals surface area (Å²) in [6.07, 6.45) is 1.39. The second-order valence-electron chi connectivity index (χ2n) is 8.73. The first-order chi connectivity index (χ1) is 20.1. The normalized spacial score (nSPS) is 11.9. The van der Waals surface area contributed by atoms with Crippen molar-refractivity contribution in [2.24, 2.45) is 5.10 Å². The second kappa shape index (κ2) is 14.0. The van der Waals surface area contributed by atoms with Crippen molar-refractivity contribution in [1.29, 1.82) is 0 Å². The van der Waals surface area contributed by atoms with Gasteiger partial charge in [-0.15, -0.1) is 0 Å². The average molecular weight is 677 g/mol. The molecule has 0 aliphatic rings. The molecule has 0 spiro atoms. The third-order valence-electron chi connectivity index (χ3n) is 5.97. The number of anilines is 1. The molecule has 42 heavy (non-hydrogen) atoms. The van der Waals surface area contributed by atoms with Crippen LogP contribution >= 0.6 is 27.3 Å². The SMILES string of the molecule is COCCN(CCOC)S(=O)(=O)c1ccc(C(=O)N(/N=C/c2ccc([N+](=O)[O-])cc2)c2nc3ccc(Br)cc3s2)cc1. The molecule has 0 bridgehead atoms. The van der Waals surface area contributed by atoms with Crippen LogP contribution in [0.2, 0.25) is 0 Å². The molecule has 1 aromatic heterocycles. The summed E-state index contributed by atoms with van der Waals surface area (Å²) in [5.74, 6) is -0.550. The highest BCUT2D eigenvalue weighted by atomic mass is 79.9. The van der Waals surface area contributed by atoms with E-state index in [1.165, 1.54) is 84.6 Å². The van der Waals surface area contributed by atoms with Crippen LogP contribution in [0.25, 0.3) is 10.2 Å². The van der Waals surface area contributed by atoms with Crippen LogP contribution in [0.1, 0.15) is 15.9 Å². The number of nitrogens with zero attached hydrogens (tertiary/aromatic N) is 5. The molecule has 1 heterocycles. The number of carbonyl (C=O) groups excluding carboxylic acids is 1. The lowest BCUT2D eigenvalue weighted by molar-refractivity contribution is -0.384. The molecule has 220 valence electrons. The van der Waals surface area contributed by atoms with Gasteiger partial charge in [-0.05, 0) is 60.2 Å². The zero-order valence-corrected chi connectivity index (χ0v) is 25.8. The number of aromatic nitrogens is 1. The van der Waals surface area contributed by atoms with Gasteiger partial charge in [0, 0.05) is 49.5 Å². The fraction of sp³-hybridized carbons (Fsp3) is 0.222. The number of halogens is 1. The molecule has 1 amide bonds. The number of hydrazone groups is 1. The molecule has 0 unspecified atom stereocenters. The van der Waals surface area contributed by atoms with Gasteiger partial charge in [0.05, 0.1) is 39.5 Å². The Balaban J connectivity index is 1.66. The summed E-state index contributed by atoms with van der Waals surface area (Å²) in [5.41, 5.74) is 1.29. The van der Waals surface area contributed by atoms with E-state index in [2.05, 4.69) is 26.0 Å². The Hall–Kier alpha value is -3.60. The number of amides is 1. The number of methoxy groups -OCH3 is 2. The summed E-state index contributed by atoms with van der Waals surface area (Å²) in [4.78, 5) is 28.8. The van der Waals surface area contributed by atoms with Crippen molar-refractivity contribution in [2.75, 3.05) is 45.5 Å². The fourth-order valence-electron chi connectivity index (χ4n) is 3.75. The van der Waals surface area contributed by atoms with E-state index in [0.717, 1.165) is 14.2 Å². The van der Waals surface area contributed by atoms with Crippen LogP contribution in [-0.4, -0.2) is 75.3 Å². The molecule has 0 saturated heterocycles. The van der Waals surface area contributed by atoms with Crippen molar-refractivity contribution in [1.82, 2.24) is 9.29 Å². The van der Waals surface area contributed by atoms with Gasteiger partial charge < -0.3 is 9.47 Å². The van der Waals surface area contributed by atoms with Crippen LogP contribution in [0, 0.1) is 10.1 Å². The average Bonchev–Trinajstić information content (AvgIpc) is 3.40. The number of fused-ring (bicyclic) bond motifs is 1. The van der Waals surface area contributed by atoms with Crippen LogP contribution in [0.15, 0.2) is 81.2 Å². The van der Waals surface area contributed by atoms with Crippen molar-refractivity contribution in [3.63, 3.8) is 0 Å². The van der Waals surface area contributed by atoms with Crippen molar-refractivity contribution in [3.05, 3.63) is 92.4 Å². The van der Waals surface area contributed by atoms with Crippen molar-refractivity contribution in [3.8, 4) is 0 Å². The minimum Gasteiger partial charge on any atom is -0.383 e. The molecule has 12 nitrogen and oxygen atoms in total. The van der Waals surface area contributed by atoms with Crippen LogP contribution in [0.4, 0.5) is 10.8 Å². The Morgan fingerprint density at radius 1 is 1.05 bits per heavy atom. The van der Waals surface area contributed by atoms with Gasteiger partial charge in [0.15, 0.2) is 0 Å². The van der Waals surface area contributed by atoms with Gasteiger partial charge in [-0.25, -0.2) is 13.4 Å². The topological polar surface area (TPSA) is 145 Å². The molecular formula is C27H26BrN5O7S2. The fourth-order valence-corrected chi connectivity index (χ4v) is 6.63. The van der Waals surface area contributed by atoms with Crippen LogP contribution < -0.4 is 5.01 Å². The van der Waals surface area contributed by atoms with Crippen LogP contribution in [0.3, 0.4) is 0 Å². The molecule has 0 aliphatic carbocycles. The van der Waals surface area contributed by atoms with Gasteiger partial charge in [0.25, 0.3) is 11.6 Å². The van der Waals surface area contributed by atoms with Gasteiger partial charge >= 0.3 is 0 Å². The molecule has 4 aromatic rings. The first-order valence-corrected chi connectivity index (χ1v) is 15.5. The summed E-state index contributed by atoms with van der Waals surface area (Å²) < 4.78 is 39.6. The quantitative estimate of drug-likeness (QED) is 0.110. The highest BCUT2D eigenvalue weighted by Crippen LogP contribution is 2.32. The lowest BCUT2D eigenvalue weighted by Crippen LogP contribution is -2.36. The number of rotatable bonds is 13. The lowest BCUT2D eigenvalue weighted by atomic mass is 10.2. The maximum Gasteiger partial charge on any atom is 0.280 e. The zero-order chi connectivity index (χ0) is 30.3. The summed E-state index contributed by atoms with van der Waals surface area (Å²) in [6.45, 7) is 0.698. The molecule has 0 aliphatic heterocycles. The van der Waals surface area contributed by atoms with E-state index in [1.807, 2.05) is 12.1 Å². The number of nitro groups is 1. The number of sulfonamides is 1. The summed E-state index contributed by atoms with van der Waals surface area (Å²) >= 11 is 4.68. The second-order valence-corrected chi connectivity index (χ2v) is 12.6. The number of non-ortho nitro benzene ring substituents is 1. The number of thiazole rings is 1. The predicted octanol–water partition coefficient (Wildman–Crippen LogP) is 4.93. The van der Waals surface area contributed by atoms with Crippen molar-refractivity contribution < 1.29 is 27.6 Å². The third kappa shape index (κ3) is 7.42. The van der Waals surface area contributed by atoms with Crippen LogP contribution in [-0.2, 0) is 19.5 Å². The lowest BCUT2D eigenvalue weighted by Gasteiger charge is -2.21. The van der Waals surface area contributed by atoms with E-state index in [1.54, 1.807) is 6.07 Å². The number of hydrogen-bond donors (Lipinski definition) is 0. The molecule has 0 radical (unpaired) electrons. The first kappa shape index (κ1) is 31.3. The number of benzene rings is 3. The molecule has 0 fully saturated rings. The number of carbonyl (C=O) groups is 1. The summed E-state index contributed by atoms with van der Waals surface area (Å²) in [7, 11) is -0.906. The van der Waals surface area contributed by atoms with Gasteiger partial charge in [-0.1, -0.05) is 27.3 Å². The number of hydrogen-bond acceptors (Lipinski definition) is 10. The smallest absolute Gasteiger partial charge is 0.280 e. The van der Waals surface area contributed by atoms with E-state index < -0.39 is 20.9 Å². The molecule has 0 atom stereocenters. The maximum atomic E-state index is 13.7. The standard InChI is InChI=1S/C27H26BrN5O7S2/c1-39-15-13-31(14-16-40-2)42(37,38)23-10-5-20(6-11-23)26(34)32(27-30-24-12-7-21(28)17-25(24)41-27)29-18-19-3-8-22(9-4-19)33(35)36/h3-12,17-18H,13-16H2,1-2H3/b29-18+. The largest absolute Gasteiger partial charge is 0.383 e. The summed E-state index contributed by atoms with van der Waals surface area (Å²) in [5, 5.41) is 16.8.